The van der Waals surface area contributed by atoms with Crippen LogP contribution in [0.1, 0.15) is 69.6 Å². The van der Waals surface area contributed by atoms with Gasteiger partial charge < -0.3 is 33.5 Å². The fraction of sp³-hybridized carbons (Fsp3) is 0.523. The molecule has 2 aliphatic heterocycles. The zero-order valence-electron chi connectivity index (χ0n) is 33.8. The number of hydrogen-bond donors (Lipinski definition) is 2. The van der Waals surface area contributed by atoms with Gasteiger partial charge in [0.1, 0.15) is 0 Å². The first kappa shape index (κ1) is 42.9. The van der Waals surface area contributed by atoms with Crippen molar-refractivity contribution in [2.75, 3.05) is 57.6 Å². The van der Waals surface area contributed by atoms with Crippen LogP contribution in [0.25, 0.3) is 0 Å². The molecule has 0 aromatic heterocycles. The van der Waals surface area contributed by atoms with Crippen LogP contribution in [-0.4, -0.2) is 95.9 Å². The third-order valence-electron chi connectivity index (χ3n) is 11.4. The zero-order valence-corrected chi connectivity index (χ0v) is 34.8. The van der Waals surface area contributed by atoms with Crippen LogP contribution in [0, 0.1) is 41.4 Å². The van der Waals surface area contributed by atoms with E-state index < -0.39 is 8.80 Å². The van der Waals surface area contributed by atoms with Gasteiger partial charge in [-0.2, -0.15) is 0 Å². The van der Waals surface area contributed by atoms with E-state index in [4.69, 9.17) is 18.0 Å². The molecule has 13 nitrogen and oxygen atoms in total. The summed E-state index contributed by atoms with van der Waals surface area (Å²) in [4.78, 5) is 68.5. The maximum atomic E-state index is 13.5. The fourth-order valence-corrected chi connectivity index (χ4v) is 11.5. The summed E-state index contributed by atoms with van der Waals surface area (Å²) in [6, 6.07) is 16.0. The van der Waals surface area contributed by atoms with Gasteiger partial charge in [-0.15, -0.1) is 0 Å². The van der Waals surface area contributed by atoms with Gasteiger partial charge in [0.25, 0.3) is 0 Å². The van der Waals surface area contributed by atoms with Crippen molar-refractivity contribution < 1.29 is 42.0 Å². The predicted octanol–water partition coefficient (Wildman–Crippen LogP) is 4.21. The van der Waals surface area contributed by atoms with Crippen LogP contribution in [0.5, 0.6) is 0 Å². The molecule has 14 heteroatoms. The molecule has 6 rings (SSSR count). The van der Waals surface area contributed by atoms with Crippen molar-refractivity contribution >= 4 is 44.0 Å². The molecular weight excluding hydrogens is 757 g/mol. The van der Waals surface area contributed by atoms with Gasteiger partial charge in [-0.3, -0.25) is 28.9 Å². The van der Waals surface area contributed by atoms with E-state index in [0.717, 1.165) is 35.2 Å². The van der Waals surface area contributed by atoms with E-state index in [1.807, 2.05) is 69.3 Å². The summed E-state index contributed by atoms with van der Waals surface area (Å²) in [7, 11) is -2.77. The molecule has 1 saturated carbocycles. The summed E-state index contributed by atoms with van der Waals surface area (Å²) < 4.78 is 23.6. The lowest BCUT2D eigenvalue weighted by atomic mass is 9.85. The van der Waals surface area contributed by atoms with E-state index in [2.05, 4.69) is 34.6 Å². The molecule has 4 atom stereocenters. The number of carbonyl (C=O) groups excluding carboxylic acids is 5. The van der Waals surface area contributed by atoms with Crippen molar-refractivity contribution in [1.82, 2.24) is 15.5 Å². The number of amides is 5. The first-order valence-electron chi connectivity index (χ1n) is 20.8. The Labute approximate surface area is 342 Å². The highest BCUT2D eigenvalue weighted by Crippen LogP contribution is 2.57. The van der Waals surface area contributed by atoms with Crippen LogP contribution < -0.4 is 15.5 Å². The standard InChI is InChI=1S/C44H56N4O9Si/c1-4-55-58(56-5-2,57-6-3)29-11-15-34-35-19-20-36(34)42-41(35)43(52)47(44(42)53)26-22-38(49)46-25-28-54-27-23-39(50)45-24-21-40(51)48-30-33-14-8-7-12-31(33)17-18-32-13-9-10-16-37(32)48/h7-10,12-14,16,19-20,34-36,41-42H,4-6,11,15,21-30H2,1-3H3,(H,45,50)(H,46,49). The Hall–Kier alpha value is -4.65. The molecule has 0 radical (unpaired) electrons. The number of imide groups is 1. The number of carbonyl (C=O) groups is 5. The fourth-order valence-electron chi connectivity index (χ4n) is 8.89. The average Bonchev–Trinajstić information content (AvgIpc) is 3.83. The molecule has 2 aromatic rings. The Kier molecular flexibility index (Phi) is 15.1. The number of benzene rings is 2. The Morgan fingerprint density at radius 2 is 1.36 bits per heavy atom. The Balaban J connectivity index is 0.849. The minimum Gasteiger partial charge on any atom is -0.379 e. The minimum atomic E-state index is -2.77. The van der Waals surface area contributed by atoms with Gasteiger partial charge in [0, 0.05) is 75.9 Å². The third kappa shape index (κ3) is 9.95. The van der Waals surface area contributed by atoms with Crippen molar-refractivity contribution in [2.24, 2.45) is 29.6 Å². The van der Waals surface area contributed by atoms with E-state index >= 15 is 0 Å². The van der Waals surface area contributed by atoms with Crippen molar-refractivity contribution in [3.05, 3.63) is 77.4 Å². The molecule has 1 saturated heterocycles. The molecule has 58 heavy (non-hydrogen) atoms. The number of ether oxygens (including phenoxy) is 1. The van der Waals surface area contributed by atoms with Crippen LogP contribution in [-0.2, 0) is 48.5 Å². The molecule has 2 fully saturated rings. The van der Waals surface area contributed by atoms with Crippen LogP contribution in [0.15, 0.2) is 60.7 Å². The molecule has 2 heterocycles. The Bertz CT molecular complexity index is 1860. The normalized spacial score (nSPS) is 21.5. The number of anilines is 1. The van der Waals surface area contributed by atoms with Crippen LogP contribution >= 0.6 is 0 Å². The van der Waals surface area contributed by atoms with Crippen molar-refractivity contribution in [3.63, 3.8) is 0 Å². The van der Waals surface area contributed by atoms with E-state index in [9.17, 15) is 24.0 Å². The van der Waals surface area contributed by atoms with Gasteiger partial charge in [-0.1, -0.05) is 54.3 Å². The summed E-state index contributed by atoms with van der Waals surface area (Å²) in [6.07, 6.45) is 6.13. The smallest absolute Gasteiger partial charge is 0.379 e. The summed E-state index contributed by atoms with van der Waals surface area (Å²) in [5.74, 6) is 4.88. The highest BCUT2D eigenvalue weighted by molar-refractivity contribution is 6.60. The van der Waals surface area contributed by atoms with Gasteiger partial charge in [-0.25, -0.2) is 0 Å². The van der Waals surface area contributed by atoms with Crippen molar-refractivity contribution in [1.29, 1.82) is 0 Å². The SMILES string of the molecule is CCO[Si](CCCC1C2C=CC1C1C(=O)N(CCC(=O)NCCOCCC(=O)NCCC(=O)N3Cc4ccccc4C#Cc4ccccc43)C(=O)C21)(OCC)OCC. The predicted molar refractivity (Wildman–Crippen MR) is 219 cm³/mol. The molecule has 2 N–H and O–H groups in total. The monoisotopic (exact) mass is 812 g/mol. The number of hydrogen-bond acceptors (Lipinski definition) is 9. The summed E-state index contributed by atoms with van der Waals surface area (Å²) in [6.45, 7) is 8.57. The van der Waals surface area contributed by atoms with Gasteiger partial charge >= 0.3 is 8.80 Å². The number of para-hydroxylation sites is 1. The Morgan fingerprint density at radius 1 is 0.759 bits per heavy atom. The maximum Gasteiger partial charge on any atom is 0.500 e. The second kappa shape index (κ2) is 20.4. The number of nitrogens with zero attached hydrogens (tertiary/aromatic N) is 2. The molecule has 0 spiro atoms. The van der Waals surface area contributed by atoms with Crippen molar-refractivity contribution in [3.8, 4) is 11.8 Å². The summed E-state index contributed by atoms with van der Waals surface area (Å²) >= 11 is 0. The Morgan fingerprint density at radius 3 is 2.05 bits per heavy atom. The average molecular weight is 813 g/mol. The number of fused-ring (bicyclic) bond motifs is 7. The number of nitrogens with one attached hydrogen (secondary N) is 2. The lowest BCUT2D eigenvalue weighted by Crippen LogP contribution is -2.46. The van der Waals surface area contributed by atoms with Crippen LogP contribution in [0.2, 0.25) is 6.04 Å². The number of rotatable bonds is 22. The molecule has 4 aliphatic rings. The second-order valence-corrected chi connectivity index (χ2v) is 17.7. The van der Waals surface area contributed by atoms with Gasteiger partial charge in [0.15, 0.2) is 0 Å². The molecule has 2 bridgehead atoms. The first-order chi connectivity index (χ1) is 28.2. The highest BCUT2D eigenvalue weighted by Gasteiger charge is 2.63. The topological polar surface area (TPSA) is 153 Å². The largest absolute Gasteiger partial charge is 0.500 e. The molecule has 5 amide bonds. The lowest BCUT2D eigenvalue weighted by molar-refractivity contribution is -0.141. The number of likely N-dealkylation sites (tertiary alicyclic amines) is 1. The van der Waals surface area contributed by atoms with Gasteiger partial charge in [0.2, 0.25) is 29.5 Å². The van der Waals surface area contributed by atoms with Crippen molar-refractivity contribution in [2.45, 2.75) is 65.5 Å². The second-order valence-electron chi connectivity index (χ2n) is 14.9. The number of allylic oxidation sites excluding steroid dienone is 2. The summed E-state index contributed by atoms with van der Waals surface area (Å²) in [5.41, 5.74) is 3.36. The lowest BCUT2D eigenvalue weighted by Gasteiger charge is -2.29. The zero-order chi connectivity index (χ0) is 41.1. The van der Waals surface area contributed by atoms with Crippen LogP contribution in [0.4, 0.5) is 5.69 Å². The molecular formula is C44H56N4O9Si. The van der Waals surface area contributed by atoms with E-state index in [1.165, 1.54) is 4.90 Å². The minimum absolute atomic E-state index is 0.00611. The highest BCUT2D eigenvalue weighted by atomic mass is 28.4. The van der Waals surface area contributed by atoms with E-state index in [1.54, 1.807) is 4.90 Å². The van der Waals surface area contributed by atoms with E-state index in [-0.39, 0.29) is 111 Å². The molecule has 2 aliphatic carbocycles. The summed E-state index contributed by atoms with van der Waals surface area (Å²) in [5, 5.41) is 5.57. The third-order valence-corrected chi connectivity index (χ3v) is 14.6. The molecule has 310 valence electrons. The quantitative estimate of drug-likeness (QED) is 0.0586. The maximum absolute atomic E-state index is 13.5. The van der Waals surface area contributed by atoms with Crippen LogP contribution in [0.3, 0.4) is 0 Å². The first-order valence-corrected chi connectivity index (χ1v) is 22.7. The molecule has 4 unspecified atom stereocenters. The van der Waals surface area contributed by atoms with E-state index in [0.29, 0.717) is 32.4 Å². The molecule has 2 aromatic carbocycles. The van der Waals surface area contributed by atoms with Gasteiger partial charge in [0.05, 0.1) is 37.3 Å². The van der Waals surface area contributed by atoms with Gasteiger partial charge in [-0.05, 0) is 75.1 Å².